The summed E-state index contributed by atoms with van der Waals surface area (Å²) in [5, 5.41) is 22.6. The molecule has 1 aliphatic carbocycles. The van der Waals surface area contributed by atoms with Crippen LogP contribution in [-0.2, 0) is 19.6 Å². The van der Waals surface area contributed by atoms with E-state index in [2.05, 4.69) is 10.0 Å². The lowest BCUT2D eigenvalue weighted by Gasteiger charge is -2.52. The number of aliphatic hydroxyl groups is 2. The van der Waals surface area contributed by atoms with Gasteiger partial charge in [0, 0.05) is 41.5 Å². The molecule has 44 heavy (non-hydrogen) atoms. The number of halogens is 2. The molecule has 0 radical (unpaired) electrons. The van der Waals surface area contributed by atoms with Gasteiger partial charge in [-0.2, -0.15) is 0 Å². The average molecular weight is 669 g/mol. The van der Waals surface area contributed by atoms with Crippen molar-refractivity contribution in [2.75, 3.05) is 19.7 Å². The highest BCUT2D eigenvalue weighted by atomic mass is 35.5. The molecule has 1 saturated carbocycles. The molecule has 1 heterocycles. The van der Waals surface area contributed by atoms with Gasteiger partial charge in [-0.1, -0.05) is 61.3 Å². The first-order chi connectivity index (χ1) is 20.7. The number of nitrogens with one attached hydrogen (secondary N) is 2. The molecule has 0 bridgehead atoms. The molecule has 5 atom stereocenters. The number of likely N-dealkylation sites (tertiary alicyclic amines) is 1. The Labute approximate surface area is 270 Å². The third-order valence-corrected chi connectivity index (χ3v) is 11.9. The minimum atomic E-state index is -3.60. The molecule has 2 amide bonds. The van der Waals surface area contributed by atoms with Crippen LogP contribution in [0.15, 0.2) is 48.5 Å². The minimum absolute atomic E-state index is 0.0356. The number of rotatable bonds is 14. The molecule has 0 spiro atoms. The van der Waals surface area contributed by atoms with E-state index in [0.29, 0.717) is 35.7 Å². The SMILES string of the molecule is CC[C@@H](CNS(=O)(=O)C1(C)CC1)N1C(=O)[C@@](C)(CC(=O)NCCC(O)CO)C[C@H](c2cccc(Cl)c2)[C@H]1c1ccc(Cl)cc1. The maximum atomic E-state index is 14.7. The van der Waals surface area contributed by atoms with Crippen molar-refractivity contribution in [2.24, 2.45) is 5.41 Å². The Morgan fingerprint density at radius 3 is 2.36 bits per heavy atom. The van der Waals surface area contributed by atoms with E-state index < -0.39 is 45.0 Å². The van der Waals surface area contributed by atoms with Gasteiger partial charge >= 0.3 is 0 Å². The molecule has 242 valence electrons. The normalized spacial score (nSPS) is 24.5. The average Bonchev–Trinajstić information content (AvgIpc) is 3.75. The van der Waals surface area contributed by atoms with Crippen LogP contribution in [0.3, 0.4) is 0 Å². The Bertz CT molecular complexity index is 1440. The number of hydrogen-bond donors (Lipinski definition) is 4. The Morgan fingerprint density at radius 2 is 1.77 bits per heavy atom. The van der Waals surface area contributed by atoms with Crippen molar-refractivity contribution in [1.82, 2.24) is 14.9 Å². The van der Waals surface area contributed by atoms with E-state index in [1.165, 1.54) is 0 Å². The first-order valence-corrected chi connectivity index (χ1v) is 17.4. The van der Waals surface area contributed by atoms with E-state index >= 15 is 0 Å². The number of nitrogens with zero attached hydrogens (tertiary/aromatic N) is 1. The number of hydrogen-bond acceptors (Lipinski definition) is 6. The lowest BCUT2D eigenvalue weighted by molar-refractivity contribution is -0.157. The van der Waals surface area contributed by atoms with Crippen LogP contribution in [0.2, 0.25) is 10.0 Å². The van der Waals surface area contributed by atoms with Crippen LogP contribution >= 0.6 is 23.2 Å². The lowest BCUT2D eigenvalue weighted by atomic mass is 9.67. The predicted molar refractivity (Wildman–Crippen MR) is 172 cm³/mol. The lowest BCUT2D eigenvalue weighted by Crippen LogP contribution is -2.58. The van der Waals surface area contributed by atoms with Crippen LogP contribution in [0.25, 0.3) is 0 Å². The molecule has 9 nitrogen and oxygen atoms in total. The first-order valence-electron chi connectivity index (χ1n) is 15.1. The summed E-state index contributed by atoms with van der Waals surface area (Å²) in [6.07, 6.45) is 1.11. The van der Waals surface area contributed by atoms with Crippen LogP contribution in [0.5, 0.6) is 0 Å². The summed E-state index contributed by atoms with van der Waals surface area (Å²) in [5.74, 6) is -0.880. The molecule has 0 aromatic heterocycles. The number of carbonyl (C=O) groups is 2. The van der Waals surface area contributed by atoms with Crippen LogP contribution in [0.4, 0.5) is 0 Å². The number of piperidine rings is 1. The van der Waals surface area contributed by atoms with Gasteiger partial charge in [0.1, 0.15) is 0 Å². The fraction of sp³-hybridized carbons (Fsp3) is 0.562. The minimum Gasteiger partial charge on any atom is -0.394 e. The molecule has 4 rings (SSSR count). The largest absolute Gasteiger partial charge is 0.394 e. The molecule has 2 aromatic carbocycles. The Hall–Kier alpha value is -2.21. The van der Waals surface area contributed by atoms with Crippen LogP contribution in [-0.4, -0.2) is 71.9 Å². The van der Waals surface area contributed by atoms with Gasteiger partial charge in [0.05, 0.1) is 28.9 Å². The van der Waals surface area contributed by atoms with E-state index in [1.807, 2.05) is 37.3 Å². The van der Waals surface area contributed by atoms with Gasteiger partial charge in [0.15, 0.2) is 0 Å². The molecular weight excluding hydrogens is 625 g/mol. The number of sulfonamides is 1. The summed E-state index contributed by atoms with van der Waals surface area (Å²) in [7, 11) is -3.60. The quantitative estimate of drug-likeness (QED) is 0.233. The van der Waals surface area contributed by atoms with Crippen LogP contribution in [0, 0.1) is 5.41 Å². The number of benzene rings is 2. The zero-order valence-corrected chi connectivity index (χ0v) is 27.8. The molecule has 4 N–H and O–H groups in total. The second-order valence-corrected chi connectivity index (χ2v) is 15.8. The second-order valence-electron chi connectivity index (χ2n) is 12.7. The zero-order valence-electron chi connectivity index (χ0n) is 25.4. The van der Waals surface area contributed by atoms with Crippen LogP contribution in [0.1, 0.15) is 82.4 Å². The molecule has 2 aromatic rings. The number of aliphatic hydroxyl groups excluding tert-OH is 2. The maximum absolute atomic E-state index is 14.7. The predicted octanol–water partition coefficient (Wildman–Crippen LogP) is 4.56. The Balaban J connectivity index is 1.76. The van der Waals surface area contributed by atoms with Crippen LogP contribution < -0.4 is 10.0 Å². The standard InChI is InChI=1S/C32H43Cl2N3O6S/c1-4-25(19-36-44(42,43)32(3)13-14-32)37-29(21-8-10-23(33)11-9-21)27(22-6-5-7-24(34)16-22)17-31(2,30(37)41)18-28(40)35-15-12-26(39)20-38/h5-11,16,25-27,29,36,38-39H,4,12-15,17-20H2,1-3H3,(H,35,40)/t25-,26?,27+,29+,31+/m0/s1. The molecule has 1 saturated heterocycles. The highest BCUT2D eigenvalue weighted by Crippen LogP contribution is 2.52. The van der Waals surface area contributed by atoms with Crippen molar-refractivity contribution in [1.29, 1.82) is 0 Å². The fourth-order valence-corrected chi connectivity index (χ4v) is 7.82. The monoisotopic (exact) mass is 667 g/mol. The van der Waals surface area contributed by atoms with Gasteiger partial charge in [-0.3, -0.25) is 9.59 Å². The summed E-state index contributed by atoms with van der Waals surface area (Å²) in [4.78, 5) is 29.6. The van der Waals surface area contributed by atoms with Gasteiger partial charge in [-0.05, 0) is 74.4 Å². The zero-order chi connectivity index (χ0) is 32.3. The smallest absolute Gasteiger partial charge is 0.229 e. The summed E-state index contributed by atoms with van der Waals surface area (Å²) < 4.78 is 28.2. The van der Waals surface area contributed by atoms with E-state index in [1.54, 1.807) is 36.9 Å². The first kappa shape index (κ1) is 34.7. The molecule has 1 aliphatic heterocycles. The second kappa shape index (κ2) is 14.1. The number of carbonyl (C=O) groups excluding carboxylic acids is 2. The summed E-state index contributed by atoms with van der Waals surface area (Å²) in [5.41, 5.74) is 0.603. The number of amides is 2. The van der Waals surface area contributed by atoms with Gasteiger partial charge < -0.3 is 20.4 Å². The maximum Gasteiger partial charge on any atom is 0.229 e. The summed E-state index contributed by atoms with van der Waals surface area (Å²) >= 11 is 12.7. The van der Waals surface area contributed by atoms with Gasteiger partial charge in [0.25, 0.3) is 0 Å². The summed E-state index contributed by atoms with van der Waals surface area (Å²) in [6.45, 7) is 5.20. The van der Waals surface area contributed by atoms with E-state index in [-0.39, 0.29) is 43.7 Å². The van der Waals surface area contributed by atoms with Crippen molar-refractivity contribution in [3.8, 4) is 0 Å². The van der Waals surface area contributed by atoms with Gasteiger partial charge in [-0.25, -0.2) is 13.1 Å². The van der Waals surface area contributed by atoms with Crippen molar-refractivity contribution in [2.45, 2.75) is 88.1 Å². The third-order valence-electron chi connectivity index (χ3n) is 9.13. The highest BCUT2D eigenvalue weighted by molar-refractivity contribution is 7.91. The van der Waals surface area contributed by atoms with Crippen molar-refractivity contribution >= 4 is 45.0 Å². The third kappa shape index (κ3) is 7.77. The molecule has 12 heteroatoms. The fourth-order valence-electron chi connectivity index (χ4n) is 6.10. The van der Waals surface area contributed by atoms with E-state index in [9.17, 15) is 23.1 Å². The summed E-state index contributed by atoms with van der Waals surface area (Å²) in [6, 6.07) is 13.8. The van der Waals surface area contributed by atoms with E-state index in [4.69, 9.17) is 28.3 Å². The van der Waals surface area contributed by atoms with Gasteiger partial charge in [0.2, 0.25) is 21.8 Å². The van der Waals surface area contributed by atoms with Crippen molar-refractivity contribution < 1.29 is 28.2 Å². The van der Waals surface area contributed by atoms with Gasteiger partial charge in [-0.15, -0.1) is 0 Å². The molecular formula is C32H43Cl2N3O6S. The molecule has 2 fully saturated rings. The van der Waals surface area contributed by atoms with Crippen molar-refractivity contribution in [3.05, 3.63) is 69.7 Å². The Kier molecular flexibility index (Phi) is 11.1. The van der Waals surface area contributed by atoms with E-state index in [0.717, 1.165) is 11.1 Å². The highest BCUT2D eigenvalue weighted by Gasteiger charge is 2.53. The molecule has 2 aliphatic rings. The molecule has 1 unspecified atom stereocenters. The van der Waals surface area contributed by atoms with Crippen molar-refractivity contribution in [3.63, 3.8) is 0 Å². The Morgan fingerprint density at radius 1 is 1.09 bits per heavy atom. The topological polar surface area (TPSA) is 136 Å².